The zero-order valence-corrected chi connectivity index (χ0v) is 11.3. The Morgan fingerprint density at radius 1 is 1.12 bits per heavy atom. The normalized spacial score (nSPS) is 9.18. The smallest absolute Gasteiger partial charge is 0.543 e. The molecule has 1 aromatic carbocycles. The third kappa shape index (κ3) is 3.52. The molecular weight excluding hydrogens is 229 g/mol. The van der Waals surface area contributed by atoms with Crippen molar-refractivity contribution in [1.29, 1.82) is 0 Å². The van der Waals surface area contributed by atoms with Gasteiger partial charge >= 0.3 is 29.6 Å². The van der Waals surface area contributed by atoms with Gasteiger partial charge in [-0.1, -0.05) is 18.2 Å². The summed E-state index contributed by atoms with van der Waals surface area (Å²) in [6, 6.07) is 9.12. The van der Waals surface area contributed by atoms with Crippen LogP contribution < -0.4 is 40.0 Å². The van der Waals surface area contributed by atoms with Gasteiger partial charge in [0.05, 0.1) is 5.97 Å². The number of nitrogens with one attached hydrogen (secondary N) is 1. The molecule has 2 rings (SSSR count). The van der Waals surface area contributed by atoms with E-state index in [4.69, 9.17) is 0 Å². The van der Waals surface area contributed by atoms with Crippen molar-refractivity contribution in [3.05, 3.63) is 48.4 Å². The minimum Gasteiger partial charge on any atom is -0.543 e. The van der Waals surface area contributed by atoms with Crippen LogP contribution in [0, 0.1) is 0 Å². The first kappa shape index (κ1) is 13.6. The van der Waals surface area contributed by atoms with Crippen LogP contribution in [-0.2, 0) is 0 Å². The molecule has 1 heterocycles. The minimum atomic E-state index is -1.36. The van der Waals surface area contributed by atoms with E-state index in [2.05, 4.69) is 15.3 Å². The molecule has 1 aromatic heterocycles. The van der Waals surface area contributed by atoms with Crippen molar-refractivity contribution < 1.29 is 39.5 Å². The summed E-state index contributed by atoms with van der Waals surface area (Å²) >= 11 is 0. The van der Waals surface area contributed by atoms with Crippen LogP contribution in [0.3, 0.4) is 0 Å². The fourth-order valence-electron chi connectivity index (χ4n) is 1.24. The molecule has 0 unspecified atom stereocenters. The van der Waals surface area contributed by atoms with E-state index < -0.39 is 5.97 Å². The number of carbonyl (C=O) groups is 1. The Kier molecular flexibility index (Phi) is 5.09. The van der Waals surface area contributed by atoms with Crippen LogP contribution in [0.2, 0.25) is 0 Å². The van der Waals surface area contributed by atoms with Gasteiger partial charge in [0.25, 0.3) is 0 Å². The fraction of sp³-hybridized carbons (Fsp3) is 0. The van der Waals surface area contributed by atoms with Crippen molar-refractivity contribution in [1.82, 2.24) is 9.97 Å². The van der Waals surface area contributed by atoms with Gasteiger partial charge in [0.2, 0.25) is 0 Å². The maximum absolute atomic E-state index is 10.8. The number of carboxylic acids is 1. The molecule has 5 nitrogen and oxygen atoms in total. The Balaban J connectivity index is 0.00000144. The van der Waals surface area contributed by atoms with Crippen LogP contribution in [0.4, 0.5) is 11.5 Å². The molecule has 0 saturated heterocycles. The van der Waals surface area contributed by atoms with Gasteiger partial charge in [-0.25, -0.2) is 9.97 Å². The predicted octanol–water partition coefficient (Wildman–Crippen LogP) is -2.41. The molecule has 0 spiro atoms. The minimum absolute atomic E-state index is 0. The SMILES string of the molecule is O=C([O-])c1nccnc1Nc1ccccc1.[Na+]. The summed E-state index contributed by atoms with van der Waals surface area (Å²) in [4.78, 5) is 18.3. The van der Waals surface area contributed by atoms with Gasteiger partial charge in [0.15, 0.2) is 5.82 Å². The number of para-hydroxylation sites is 1. The summed E-state index contributed by atoms with van der Waals surface area (Å²) in [6.07, 6.45) is 2.72. The van der Waals surface area contributed by atoms with Crippen LogP contribution in [-0.4, -0.2) is 15.9 Å². The van der Waals surface area contributed by atoms with Crippen LogP contribution >= 0.6 is 0 Å². The second kappa shape index (κ2) is 6.34. The van der Waals surface area contributed by atoms with Gasteiger partial charge < -0.3 is 15.2 Å². The van der Waals surface area contributed by atoms with E-state index in [0.29, 0.717) is 0 Å². The number of hydrogen-bond donors (Lipinski definition) is 1. The molecule has 0 radical (unpaired) electrons. The number of anilines is 2. The molecule has 0 aliphatic heterocycles. The molecule has 1 N–H and O–H groups in total. The number of carboxylic acid groups (broad SMARTS) is 1. The van der Waals surface area contributed by atoms with E-state index in [1.807, 2.05) is 18.2 Å². The summed E-state index contributed by atoms with van der Waals surface area (Å²) in [7, 11) is 0. The maximum atomic E-state index is 10.8. The van der Waals surface area contributed by atoms with Crippen LogP contribution in [0.25, 0.3) is 0 Å². The van der Waals surface area contributed by atoms with Crippen molar-refractivity contribution in [2.24, 2.45) is 0 Å². The second-order valence-corrected chi connectivity index (χ2v) is 3.03. The number of hydrogen-bond acceptors (Lipinski definition) is 5. The number of aromatic carboxylic acids is 1. The number of aromatic nitrogens is 2. The molecule has 0 amide bonds. The van der Waals surface area contributed by atoms with Crippen molar-refractivity contribution in [2.75, 3.05) is 5.32 Å². The average molecular weight is 237 g/mol. The predicted molar refractivity (Wildman–Crippen MR) is 56.1 cm³/mol. The first-order valence-electron chi connectivity index (χ1n) is 4.62. The summed E-state index contributed by atoms with van der Waals surface area (Å²) in [5.41, 5.74) is 0.539. The van der Waals surface area contributed by atoms with E-state index in [0.717, 1.165) is 5.69 Å². The standard InChI is InChI=1S/C11H9N3O2.Na/c15-11(16)9-10(13-7-6-12-9)14-8-4-2-1-3-5-8;/h1-7H,(H,13,14)(H,15,16);/q;+1/p-1. The molecular formula is C11H8N3NaO2. The van der Waals surface area contributed by atoms with E-state index >= 15 is 0 Å². The molecule has 0 fully saturated rings. The van der Waals surface area contributed by atoms with E-state index in [1.165, 1.54) is 12.4 Å². The second-order valence-electron chi connectivity index (χ2n) is 3.03. The topological polar surface area (TPSA) is 77.9 Å². The number of carbonyl (C=O) groups excluding carboxylic acids is 1. The first-order valence-corrected chi connectivity index (χ1v) is 4.62. The zero-order chi connectivity index (χ0) is 11.4. The molecule has 0 aliphatic carbocycles. The Morgan fingerprint density at radius 2 is 1.76 bits per heavy atom. The van der Waals surface area contributed by atoms with Crippen LogP contribution in [0.5, 0.6) is 0 Å². The maximum Gasteiger partial charge on any atom is 1.00 e. The molecule has 0 bridgehead atoms. The fourth-order valence-corrected chi connectivity index (χ4v) is 1.24. The van der Waals surface area contributed by atoms with Crippen LogP contribution in [0.15, 0.2) is 42.7 Å². The Bertz CT molecular complexity index is 505. The van der Waals surface area contributed by atoms with Crippen molar-refractivity contribution in [3.63, 3.8) is 0 Å². The first-order chi connectivity index (χ1) is 7.77. The third-order valence-electron chi connectivity index (χ3n) is 1.93. The molecule has 6 heteroatoms. The molecule has 0 saturated carbocycles. The van der Waals surface area contributed by atoms with Gasteiger partial charge in [-0.3, -0.25) is 0 Å². The molecule has 2 aromatic rings. The van der Waals surface area contributed by atoms with Gasteiger partial charge in [-0.2, -0.15) is 0 Å². The van der Waals surface area contributed by atoms with Crippen molar-refractivity contribution in [2.45, 2.75) is 0 Å². The van der Waals surface area contributed by atoms with E-state index in [1.54, 1.807) is 12.1 Å². The quantitative estimate of drug-likeness (QED) is 0.601. The van der Waals surface area contributed by atoms with Gasteiger partial charge in [0.1, 0.15) is 5.69 Å². The molecule has 0 atom stereocenters. The third-order valence-corrected chi connectivity index (χ3v) is 1.93. The Labute approximate surface area is 120 Å². The zero-order valence-electron chi connectivity index (χ0n) is 9.25. The average Bonchev–Trinajstić information content (AvgIpc) is 2.31. The number of benzene rings is 1. The van der Waals surface area contributed by atoms with E-state index in [-0.39, 0.29) is 41.1 Å². The van der Waals surface area contributed by atoms with Crippen molar-refractivity contribution in [3.8, 4) is 0 Å². The molecule has 80 valence electrons. The van der Waals surface area contributed by atoms with Gasteiger partial charge in [0, 0.05) is 18.1 Å². The molecule has 17 heavy (non-hydrogen) atoms. The summed E-state index contributed by atoms with van der Waals surface area (Å²) < 4.78 is 0. The molecule has 0 aliphatic rings. The number of rotatable bonds is 3. The van der Waals surface area contributed by atoms with Gasteiger partial charge in [-0.15, -0.1) is 0 Å². The monoisotopic (exact) mass is 237 g/mol. The van der Waals surface area contributed by atoms with Crippen LogP contribution in [0.1, 0.15) is 10.5 Å². The van der Waals surface area contributed by atoms with Gasteiger partial charge in [-0.05, 0) is 12.1 Å². The number of nitrogens with zero attached hydrogens (tertiary/aromatic N) is 2. The summed E-state index contributed by atoms with van der Waals surface area (Å²) in [5.74, 6) is -1.18. The summed E-state index contributed by atoms with van der Waals surface area (Å²) in [5, 5.41) is 13.6. The largest absolute Gasteiger partial charge is 1.00 e. The Morgan fingerprint density at radius 3 is 2.41 bits per heavy atom. The summed E-state index contributed by atoms with van der Waals surface area (Å²) in [6.45, 7) is 0. The van der Waals surface area contributed by atoms with Crippen molar-refractivity contribution >= 4 is 17.5 Å². The van der Waals surface area contributed by atoms with E-state index in [9.17, 15) is 9.90 Å². The Hall–Kier alpha value is -1.43.